The van der Waals surface area contributed by atoms with Crippen LogP contribution in [-0.4, -0.2) is 0 Å². The van der Waals surface area contributed by atoms with Crippen LogP contribution < -0.4 is 4.90 Å². The average Bonchev–Trinajstić information content (AvgIpc) is 3.02. The molecule has 7 rings (SSSR count). The third-order valence-electron chi connectivity index (χ3n) is 7.45. The first-order chi connectivity index (χ1) is 19.4. The van der Waals surface area contributed by atoms with E-state index in [1.165, 1.54) is 43.8 Å². The lowest BCUT2D eigenvalue weighted by molar-refractivity contribution is 1.30. The summed E-state index contributed by atoms with van der Waals surface area (Å²) in [5, 5.41) is 4.97. The fraction of sp³-hybridized carbons (Fsp3) is 0. The monoisotopic (exact) mass is 497 g/mol. The number of benzene rings is 7. The number of para-hydroxylation sites is 2. The van der Waals surface area contributed by atoms with Gasteiger partial charge in [0.15, 0.2) is 0 Å². The number of hydrogen-bond acceptors (Lipinski definition) is 1. The Labute approximate surface area is 229 Å². The lowest BCUT2D eigenvalue weighted by Crippen LogP contribution is -2.13. The SMILES string of the molecule is c1ccc(-c2ccccc2N(c2ccccc2-c2ccccc2)c2cccc3ccc4ccccc4c23)cc1. The van der Waals surface area contributed by atoms with Gasteiger partial charge in [-0.15, -0.1) is 0 Å². The van der Waals surface area contributed by atoms with Crippen molar-refractivity contribution >= 4 is 38.6 Å². The predicted octanol–water partition coefficient (Wildman–Crippen LogP) is 10.8. The van der Waals surface area contributed by atoms with Gasteiger partial charge in [-0.2, -0.15) is 0 Å². The van der Waals surface area contributed by atoms with Crippen molar-refractivity contribution < 1.29 is 0 Å². The minimum atomic E-state index is 1.15. The van der Waals surface area contributed by atoms with Crippen molar-refractivity contribution in [3.8, 4) is 22.3 Å². The Morgan fingerprint density at radius 2 is 0.769 bits per heavy atom. The van der Waals surface area contributed by atoms with Crippen molar-refractivity contribution in [2.75, 3.05) is 4.90 Å². The zero-order valence-electron chi connectivity index (χ0n) is 21.5. The first-order valence-electron chi connectivity index (χ1n) is 13.4. The smallest absolute Gasteiger partial charge is 0.0546 e. The largest absolute Gasteiger partial charge is 0.309 e. The van der Waals surface area contributed by atoms with Gasteiger partial charge >= 0.3 is 0 Å². The van der Waals surface area contributed by atoms with Crippen molar-refractivity contribution in [2.24, 2.45) is 0 Å². The highest BCUT2D eigenvalue weighted by Crippen LogP contribution is 2.47. The summed E-state index contributed by atoms with van der Waals surface area (Å²) < 4.78 is 0. The van der Waals surface area contributed by atoms with Gasteiger partial charge < -0.3 is 4.90 Å². The molecule has 0 aliphatic heterocycles. The molecule has 0 aliphatic rings. The van der Waals surface area contributed by atoms with Crippen LogP contribution in [0.5, 0.6) is 0 Å². The highest BCUT2D eigenvalue weighted by molar-refractivity contribution is 6.16. The maximum absolute atomic E-state index is 2.46. The summed E-state index contributed by atoms with van der Waals surface area (Å²) in [6.45, 7) is 0. The molecule has 0 spiro atoms. The molecule has 0 unspecified atom stereocenters. The summed E-state index contributed by atoms with van der Waals surface area (Å²) in [5.74, 6) is 0. The van der Waals surface area contributed by atoms with Gasteiger partial charge in [-0.1, -0.05) is 146 Å². The van der Waals surface area contributed by atoms with E-state index in [2.05, 4.69) is 169 Å². The Balaban J connectivity index is 1.60. The highest BCUT2D eigenvalue weighted by Gasteiger charge is 2.22. The van der Waals surface area contributed by atoms with E-state index in [1.807, 2.05) is 0 Å². The third-order valence-corrected chi connectivity index (χ3v) is 7.45. The summed E-state index contributed by atoms with van der Waals surface area (Å²) in [6, 6.07) is 58.7. The summed E-state index contributed by atoms with van der Waals surface area (Å²) in [6.07, 6.45) is 0. The lowest BCUT2D eigenvalue weighted by atomic mass is 9.96. The molecule has 0 saturated carbocycles. The molecular weight excluding hydrogens is 470 g/mol. The van der Waals surface area contributed by atoms with Crippen LogP contribution in [-0.2, 0) is 0 Å². The van der Waals surface area contributed by atoms with Crippen LogP contribution in [0.25, 0.3) is 43.8 Å². The molecule has 0 aliphatic carbocycles. The van der Waals surface area contributed by atoms with E-state index in [0.717, 1.165) is 17.1 Å². The first-order valence-corrected chi connectivity index (χ1v) is 13.4. The highest BCUT2D eigenvalue weighted by atomic mass is 15.1. The minimum Gasteiger partial charge on any atom is -0.309 e. The standard InChI is InChI=1S/C38H27N/c1-3-14-28(15-4-1)32-20-9-11-23-35(32)39(36-24-12-10-21-33(36)29-16-5-2-6-17-29)37-25-13-19-31-27-26-30-18-7-8-22-34(30)38(31)37/h1-27H. The van der Waals surface area contributed by atoms with Gasteiger partial charge in [0.2, 0.25) is 0 Å². The molecule has 0 fully saturated rings. The Morgan fingerprint density at radius 3 is 1.41 bits per heavy atom. The predicted molar refractivity (Wildman–Crippen MR) is 167 cm³/mol. The molecule has 1 heteroatoms. The van der Waals surface area contributed by atoms with E-state index >= 15 is 0 Å². The number of anilines is 3. The van der Waals surface area contributed by atoms with Gasteiger partial charge in [-0.05, 0) is 45.5 Å². The third kappa shape index (κ3) is 4.15. The summed E-state index contributed by atoms with van der Waals surface area (Å²) >= 11 is 0. The number of nitrogens with zero attached hydrogens (tertiary/aromatic N) is 1. The van der Waals surface area contributed by atoms with Crippen molar-refractivity contribution in [3.05, 3.63) is 164 Å². The molecule has 184 valence electrons. The Bertz CT molecular complexity index is 1820. The Kier molecular flexibility index (Phi) is 5.88. The molecule has 0 radical (unpaired) electrons. The van der Waals surface area contributed by atoms with Gasteiger partial charge in [0, 0.05) is 16.5 Å². The van der Waals surface area contributed by atoms with Crippen molar-refractivity contribution in [1.29, 1.82) is 0 Å². The molecule has 7 aromatic rings. The van der Waals surface area contributed by atoms with E-state index in [9.17, 15) is 0 Å². The fourth-order valence-corrected chi connectivity index (χ4v) is 5.68. The minimum absolute atomic E-state index is 1.15. The van der Waals surface area contributed by atoms with Gasteiger partial charge in [-0.3, -0.25) is 0 Å². The van der Waals surface area contributed by atoms with E-state index in [4.69, 9.17) is 0 Å². The van der Waals surface area contributed by atoms with Crippen LogP contribution in [0.15, 0.2) is 164 Å². The average molecular weight is 498 g/mol. The molecule has 0 amide bonds. The molecular formula is C38H27N. The van der Waals surface area contributed by atoms with Crippen LogP contribution in [0.3, 0.4) is 0 Å². The van der Waals surface area contributed by atoms with Gasteiger partial charge in [0.25, 0.3) is 0 Å². The molecule has 0 aromatic heterocycles. The number of rotatable bonds is 5. The zero-order valence-corrected chi connectivity index (χ0v) is 21.5. The van der Waals surface area contributed by atoms with E-state index in [1.54, 1.807) is 0 Å². The summed E-state index contributed by atoms with van der Waals surface area (Å²) in [7, 11) is 0. The van der Waals surface area contributed by atoms with Crippen molar-refractivity contribution in [3.63, 3.8) is 0 Å². The normalized spacial score (nSPS) is 11.1. The summed E-state index contributed by atoms with van der Waals surface area (Å²) in [4.78, 5) is 2.46. The van der Waals surface area contributed by atoms with E-state index in [0.29, 0.717) is 0 Å². The van der Waals surface area contributed by atoms with Crippen LogP contribution in [0.2, 0.25) is 0 Å². The molecule has 0 atom stereocenters. The van der Waals surface area contributed by atoms with Gasteiger partial charge in [-0.25, -0.2) is 0 Å². The van der Waals surface area contributed by atoms with Crippen LogP contribution in [0.4, 0.5) is 17.1 Å². The quantitative estimate of drug-likeness (QED) is 0.214. The number of hydrogen-bond donors (Lipinski definition) is 0. The van der Waals surface area contributed by atoms with Gasteiger partial charge in [0.1, 0.15) is 0 Å². The fourth-order valence-electron chi connectivity index (χ4n) is 5.68. The maximum Gasteiger partial charge on any atom is 0.0546 e. The van der Waals surface area contributed by atoms with Crippen LogP contribution in [0.1, 0.15) is 0 Å². The first kappa shape index (κ1) is 23.0. The summed E-state index contributed by atoms with van der Waals surface area (Å²) in [5.41, 5.74) is 8.23. The van der Waals surface area contributed by atoms with Crippen LogP contribution >= 0.6 is 0 Å². The molecule has 39 heavy (non-hydrogen) atoms. The Hall–Kier alpha value is -5.14. The molecule has 0 N–H and O–H groups in total. The van der Waals surface area contributed by atoms with Gasteiger partial charge in [0.05, 0.1) is 17.1 Å². The Morgan fingerprint density at radius 1 is 0.308 bits per heavy atom. The zero-order chi connectivity index (χ0) is 26.0. The van der Waals surface area contributed by atoms with E-state index < -0.39 is 0 Å². The number of fused-ring (bicyclic) bond motifs is 3. The molecule has 0 bridgehead atoms. The maximum atomic E-state index is 2.46. The lowest BCUT2D eigenvalue weighted by Gasteiger charge is -2.31. The molecule has 0 heterocycles. The van der Waals surface area contributed by atoms with Crippen molar-refractivity contribution in [1.82, 2.24) is 0 Å². The van der Waals surface area contributed by atoms with Crippen LogP contribution in [0, 0.1) is 0 Å². The van der Waals surface area contributed by atoms with E-state index in [-0.39, 0.29) is 0 Å². The van der Waals surface area contributed by atoms with Crippen molar-refractivity contribution in [2.45, 2.75) is 0 Å². The molecule has 7 aromatic carbocycles. The molecule has 0 saturated heterocycles. The topological polar surface area (TPSA) is 3.24 Å². The second-order valence-corrected chi connectivity index (χ2v) is 9.76. The second kappa shape index (κ2) is 9.96. The molecule has 1 nitrogen and oxygen atoms in total. The second-order valence-electron chi connectivity index (χ2n) is 9.76.